The monoisotopic (exact) mass is 328 g/mol. The van der Waals surface area contributed by atoms with Gasteiger partial charge < -0.3 is 14.9 Å². The van der Waals surface area contributed by atoms with Crippen LogP contribution in [-0.4, -0.2) is 43.1 Å². The summed E-state index contributed by atoms with van der Waals surface area (Å²) in [6.07, 6.45) is 0.972. The molecule has 1 aromatic rings. The van der Waals surface area contributed by atoms with Crippen molar-refractivity contribution in [1.29, 1.82) is 0 Å². The van der Waals surface area contributed by atoms with Gasteiger partial charge in [0.1, 0.15) is 0 Å². The molecule has 0 spiro atoms. The standard InChI is InChI=1S/C14H21BrN2O2/c1-4-7-17(9-14(19)16(2)3)12-6-5-11(10-18)13(15)8-12/h5-6,8,18H,4,7,9-10H2,1-3H3. The van der Waals surface area contributed by atoms with E-state index in [-0.39, 0.29) is 12.5 Å². The second kappa shape index (κ2) is 7.50. The van der Waals surface area contributed by atoms with Gasteiger partial charge in [-0.3, -0.25) is 4.79 Å². The highest BCUT2D eigenvalue weighted by molar-refractivity contribution is 9.10. The Hall–Kier alpha value is -1.07. The number of amides is 1. The van der Waals surface area contributed by atoms with E-state index in [1.54, 1.807) is 19.0 Å². The maximum Gasteiger partial charge on any atom is 0.241 e. The highest BCUT2D eigenvalue weighted by atomic mass is 79.9. The van der Waals surface area contributed by atoms with Crippen LogP contribution in [0.4, 0.5) is 5.69 Å². The zero-order valence-electron chi connectivity index (χ0n) is 11.7. The van der Waals surface area contributed by atoms with Crippen LogP contribution in [0.15, 0.2) is 22.7 Å². The highest BCUT2D eigenvalue weighted by Gasteiger charge is 2.13. The maximum atomic E-state index is 11.8. The van der Waals surface area contributed by atoms with Crippen molar-refractivity contribution >= 4 is 27.5 Å². The first-order chi connectivity index (χ1) is 8.99. The normalized spacial score (nSPS) is 10.4. The van der Waals surface area contributed by atoms with Crippen molar-refractivity contribution in [1.82, 2.24) is 4.90 Å². The van der Waals surface area contributed by atoms with E-state index in [1.165, 1.54) is 0 Å². The zero-order valence-corrected chi connectivity index (χ0v) is 13.3. The fourth-order valence-corrected chi connectivity index (χ4v) is 2.23. The average Bonchev–Trinajstić information content (AvgIpc) is 2.37. The summed E-state index contributed by atoms with van der Waals surface area (Å²) in [5, 5.41) is 9.17. The summed E-state index contributed by atoms with van der Waals surface area (Å²) in [5.41, 5.74) is 1.83. The summed E-state index contributed by atoms with van der Waals surface area (Å²) in [5.74, 6) is 0.0795. The summed E-state index contributed by atoms with van der Waals surface area (Å²) >= 11 is 3.44. The molecule has 5 heteroatoms. The minimum absolute atomic E-state index is 0.00523. The Morgan fingerprint density at radius 1 is 1.37 bits per heavy atom. The van der Waals surface area contributed by atoms with Crippen LogP contribution in [0.5, 0.6) is 0 Å². The molecule has 0 aliphatic carbocycles. The predicted molar refractivity (Wildman–Crippen MR) is 81.3 cm³/mol. The number of aliphatic hydroxyl groups excluding tert-OH is 1. The first kappa shape index (κ1) is 16.0. The molecule has 0 heterocycles. The number of benzene rings is 1. The van der Waals surface area contributed by atoms with E-state index in [1.807, 2.05) is 23.1 Å². The van der Waals surface area contributed by atoms with E-state index in [0.717, 1.165) is 28.7 Å². The Bertz CT molecular complexity index is 435. The Morgan fingerprint density at radius 3 is 2.53 bits per heavy atom. The Morgan fingerprint density at radius 2 is 2.05 bits per heavy atom. The second-order valence-corrected chi connectivity index (χ2v) is 5.50. The summed E-state index contributed by atoms with van der Waals surface area (Å²) in [6.45, 7) is 3.28. The fraction of sp³-hybridized carbons (Fsp3) is 0.500. The number of carbonyl (C=O) groups excluding carboxylic acids is 1. The molecule has 1 N–H and O–H groups in total. The Balaban J connectivity index is 2.92. The van der Waals surface area contributed by atoms with E-state index in [4.69, 9.17) is 5.11 Å². The summed E-state index contributed by atoms with van der Waals surface area (Å²) in [4.78, 5) is 15.5. The Labute approximate surface area is 123 Å². The van der Waals surface area contributed by atoms with Gasteiger partial charge in [0.15, 0.2) is 0 Å². The lowest BCUT2D eigenvalue weighted by Gasteiger charge is -2.25. The van der Waals surface area contributed by atoms with Gasteiger partial charge in [-0.1, -0.05) is 28.9 Å². The van der Waals surface area contributed by atoms with Crippen molar-refractivity contribution in [2.75, 3.05) is 32.1 Å². The lowest BCUT2D eigenvalue weighted by Crippen LogP contribution is -2.37. The van der Waals surface area contributed by atoms with E-state index in [2.05, 4.69) is 22.9 Å². The van der Waals surface area contributed by atoms with E-state index in [9.17, 15) is 4.79 Å². The SMILES string of the molecule is CCCN(CC(=O)N(C)C)c1ccc(CO)c(Br)c1. The summed E-state index contributed by atoms with van der Waals surface area (Å²) < 4.78 is 0.867. The quantitative estimate of drug-likeness (QED) is 0.871. The van der Waals surface area contributed by atoms with Crippen molar-refractivity contribution in [3.8, 4) is 0 Å². The number of hydrogen-bond acceptors (Lipinski definition) is 3. The molecule has 1 rings (SSSR count). The van der Waals surface area contributed by atoms with Crippen LogP contribution >= 0.6 is 15.9 Å². The van der Waals surface area contributed by atoms with Gasteiger partial charge in [-0.2, -0.15) is 0 Å². The lowest BCUT2D eigenvalue weighted by molar-refractivity contribution is -0.127. The van der Waals surface area contributed by atoms with E-state index < -0.39 is 0 Å². The van der Waals surface area contributed by atoms with Crippen molar-refractivity contribution in [3.63, 3.8) is 0 Å². The van der Waals surface area contributed by atoms with Gasteiger partial charge >= 0.3 is 0 Å². The minimum Gasteiger partial charge on any atom is -0.392 e. The van der Waals surface area contributed by atoms with Crippen molar-refractivity contribution in [2.24, 2.45) is 0 Å². The van der Waals surface area contributed by atoms with E-state index in [0.29, 0.717) is 6.54 Å². The first-order valence-corrected chi connectivity index (χ1v) is 7.13. The summed E-state index contributed by atoms with van der Waals surface area (Å²) in [7, 11) is 3.52. The number of anilines is 1. The largest absolute Gasteiger partial charge is 0.392 e. The van der Waals surface area contributed by atoms with Gasteiger partial charge in [-0.15, -0.1) is 0 Å². The van der Waals surface area contributed by atoms with Gasteiger partial charge in [0.2, 0.25) is 5.91 Å². The van der Waals surface area contributed by atoms with Gasteiger partial charge in [-0.25, -0.2) is 0 Å². The molecule has 0 aliphatic heterocycles. The van der Waals surface area contributed by atoms with Crippen LogP contribution in [-0.2, 0) is 11.4 Å². The highest BCUT2D eigenvalue weighted by Crippen LogP contribution is 2.24. The zero-order chi connectivity index (χ0) is 14.4. The molecule has 1 aromatic carbocycles. The van der Waals surface area contributed by atoms with Gasteiger partial charge in [0.25, 0.3) is 0 Å². The molecule has 0 aliphatic rings. The number of likely N-dealkylation sites (N-methyl/N-ethyl adjacent to an activating group) is 1. The molecule has 0 saturated heterocycles. The molecule has 106 valence electrons. The van der Waals surface area contributed by atoms with Gasteiger partial charge in [0, 0.05) is 30.8 Å². The average molecular weight is 329 g/mol. The lowest BCUT2D eigenvalue weighted by atomic mass is 10.2. The van der Waals surface area contributed by atoms with Crippen LogP contribution in [0.2, 0.25) is 0 Å². The van der Waals surface area contributed by atoms with Crippen LogP contribution in [0.1, 0.15) is 18.9 Å². The summed E-state index contributed by atoms with van der Waals surface area (Å²) in [6, 6.07) is 5.77. The Kier molecular flexibility index (Phi) is 6.31. The third-order valence-electron chi connectivity index (χ3n) is 2.89. The first-order valence-electron chi connectivity index (χ1n) is 6.34. The molecule has 4 nitrogen and oxygen atoms in total. The van der Waals surface area contributed by atoms with Crippen molar-refractivity contribution < 1.29 is 9.90 Å². The number of carbonyl (C=O) groups is 1. The molecular formula is C14H21BrN2O2. The van der Waals surface area contributed by atoms with Crippen LogP contribution in [0, 0.1) is 0 Å². The molecule has 0 aromatic heterocycles. The van der Waals surface area contributed by atoms with Gasteiger partial charge in [0.05, 0.1) is 13.2 Å². The smallest absolute Gasteiger partial charge is 0.241 e. The molecule has 0 radical (unpaired) electrons. The number of halogens is 1. The van der Waals surface area contributed by atoms with Crippen molar-refractivity contribution in [2.45, 2.75) is 20.0 Å². The number of nitrogens with zero attached hydrogens (tertiary/aromatic N) is 2. The third-order valence-corrected chi connectivity index (χ3v) is 3.63. The van der Waals surface area contributed by atoms with Crippen LogP contribution in [0.3, 0.4) is 0 Å². The van der Waals surface area contributed by atoms with E-state index >= 15 is 0 Å². The number of hydrogen-bond donors (Lipinski definition) is 1. The molecule has 0 bridgehead atoms. The predicted octanol–water partition coefficient (Wildman–Crippen LogP) is 2.25. The third kappa shape index (κ3) is 4.51. The molecule has 0 atom stereocenters. The number of rotatable bonds is 6. The second-order valence-electron chi connectivity index (χ2n) is 4.64. The maximum absolute atomic E-state index is 11.8. The molecule has 0 saturated carbocycles. The fourth-order valence-electron chi connectivity index (χ4n) is 1.74. The topological polar surface area (TPSA) is 43.8 Å². The number of aliphatic hydroxyl groups is 1. The van der Waals surface area contributed by atoms with Crippen LogP contribution < -0.4 is 4.90 Å². The molecule has 0 unspecified atom stereocenters. The van der Waals surface area contributed by atoms with Gasteiger partial charge in [-0.05, 0) is 24.1 Å². The molecule has 0 fully saturated rings. The molecule has 1 amide bonds. The van der Waals surface area contributed by atoms with Crippen LogP contribution in [0.25, 0.3) is 0 Å². The van der Waals surface area contributed by atoms with Crippen molar-refractivity contribution in [3.05, 3.63) is 28.2 Å². The molecule has 19 heavy (non-hydrogen) atoms. The molecular weight excluding hydrogens is 308 g/mol. The minimum atomic E-state index is 0.00523.